The Bertz CT molecular complexity index is 851. The van der Waals surface area contributed by atoms with Gasteiger partial charge in [-0.25, -0.2) is 0 Å². The number of carbonyl (C=O) groups excluding carboxylic acids is 5. The molecule has 12 nitrogen and oxygen atoms in total. The van der Waals surface area contributed by atoms with Crippen molar-refractivity contribution in [2.45, 2.75) is 168 Å². The molecule has 1 unspecified atom stereocenters. The van der Waals surface area contributed by atoms with Crippen LogP contribution < -0.4 is 5.32 Å². The molecule has 0 fully saturated rings. The number of rotatable bonds is 35. The van der Waals surface area contributed by atoms with Crippen LogP contribution >= 0.6 is 0 Å². The molecule has 0 aliphatic carbocycles. The van der Waals surface area contributed by atoms with Crippen LogP contribution in [0.2, 0.25) is 0 Å². The average Bonchev–Trinajstić information content (AvgIpc) is 3.09. The van der Waals surface area contributed by atoms with Crippen LogP contribution in [0.3, 0.4) is 0 Å². The van der Waals surface area contributed by atoms with Crippen LogP contribution in [0.15, 0.2) is 0 Å². The highest BCUT2D eigenvalue weighted by atomic mass is 16.6. The molecule has 0 aromatic rings. The maximum absolute atomic E-state index is 12.6. The molecule has 292 valence electrons. The van der Waals surface area contributed by atoms with Crippen LogP contribution in [0, 0.1) is 0 Å². The molecule has 0 aromatic carbocycles. The molecule has 0 radical (unpaired) electrons. The van der Waals surface area contributed by atoms with Crippen LogP contribution in [-0.4, -0.2) is 88.7 Å². The Kier molecular flexibility index (Phi) is 32.8. The SMILES string of the molecule is CCCCCCCCC(=O)OCC(COC)OC(=O)CNCC(=O)OC(COC(=O)CCCCCCCC)COC(=O)CCCCCCCC. The first-order valence-corrected chi connectivity index (χ1v) is 19.3. The van der Waals surface area contributed by atoms with Crippen molar-refractivity contribution in [1.82, 2.24) is 5.32 Å². The van der Waals surface area contributed by atoms with E-state index >= 15 is 0 Å². The zero-order valence-electron chi connectivity index (χ0n) is 31.7. The largest absolute Gasteiger partial charge is 0.462 e. The molecule has 0 spiro atoms. The third-order valence-electron chi connectivity index (χ3n) is 7.98. The smallest absolute Gasteiger partial charge is 0.320 e. The highest BCUT2D eigenvalue weighted by Crippen LogP contribution is 2.11. The molecular formula is C38H69NO11. The number of hydrogen-bond donors (Lipinski definition) is 1. The maximum atomic E-state index is 12.6. The summed E-state index contributed by atoms with van der Waals surface area (Å²) >= 11 is 0. The fourth-order valence-electron chi connectivity index (χ4n) is 5.06. The lowest BCUT2D eigenvalue weighted by molar-refractivity contribution is -0.166. The van der Waals surface area contributed by atoms with Gasteiger partial charge in [0, 0.05) is 26.4 Å². The van der Waals surface area contributed by atoms with Gasteiger partial charge in [0.25, 0.3) is 0 Å². The van der Waals surface area contributed by atoms with Gasteiger partial charge in [0.05, 0.1) is 19.7 Å². The van der Waals surface area contributed by atoms with Gasteiger partial charge in [0.15, 0.2) is 12.2 Å². The zero-order chi connectivity index (χ0) is 37.1. The van der Waals surface area contributed by atoms with Crippen LogP contribution in [0.4, 0.5) is 0 Å². The Morgan fingerprint density at radius 1 is 0.420 bits per heavy atom. The van der Waals surface area contributed by atoms with Gasteiger partial charge in [-0.1, -0.05) is 117 Å². The van der Waals surface area contributed by atoms with Crippen molar-refractivity contribution in [1.29, 1.82) is 0 Å². The first-order chi connectivity index (χ1) is 24.2. The average molecular weight is 716 g/mol. The van der Waals surface area contributed by atoms with Gasteiger partial charge in [-0.15, -0.1) is 0 Å². The van der Waals surface area contributed by atoms with Crippen molar-refractivity contribution in [3.63, 3.8) is 0 Å². The minimum atomic E-state index is -0.990. The molecule has 0 aliphatic rings. The van der Waals surface area contributed by atoms with E-state index in [4.69, 9.17) is 28.4 Å². The molecular weight excluding hydrogens is 646 g/mol. The first kappa shape index (κ1) is 47.3. The number of methoxy groups -OCH3 is 1. The monoisotopic (exact) mass is 715 g/mol. The summed E-state index contributed by atoms with van der Waals surface area (Å²) in [5.41, 5.74) is 0. The molecule has 0 saturated carbocycles. The third-order valence-corrected chi connectivity index (χ3v) is 7.98. The van der Waals surface area contributed by atoms with Crippen molar-refractivity contribution >= 4 is 29.8 Å². The lowest BCUT2D eigenvalue weighted by Crippen LogP contribution is -2.37. The summed E-state index contributed by atoms with van der Waals surface area (Å²) in [5, 5.41) is 2.67. The minimum Gasteiger partial charge on any atom is -0.462 e. The Morgan fingerprint density at radius 2 is 0.720 bits per heavy atom. The fraction of sp³-hybridized carbons (Fsp3) is 0.868. The molecule has 1 atom stereocenters. The number of nitrogens with one attached hydrogen (secondary N) is 1. The van der Waals surface area contributed by atoms with E-state index in [1.54, 1.807) is 0 Å². The second-order valence-corrected chi connectivity index (χ2v) is 12.9. The highest BCUT2D eigenvalue weighted by molar-refractivity contribution is 5.75. The normalized spacial score (nSPS) is 11.6. The lowest BCUT2D eigenvalue weighted by atomic mass is 10.1. The van der Waals surface area contributed by atoms with Crippen LogP contribution in [0.5, 0.6) is 0 Å². The van der Waals surface area contributed by atoms with E-state index in [2.05, 4.69) is 26.1 Å². The van der Waals surface area contributed by atoms with E-state index in [0.29, 0.717) is 19.3 Å². The topological polar surface area (TPSA) is 153 Å². The van der Waals surface area contributed by atoms with Crippen molar-refractivity contribution in [3.05, 3.63) is 0 Å². The third kappa shape index (κ3) is 31.3. The standard InChI is InChI=1S/C38H69NO11/c1-5-8-11-14-17-20-23-34(40)46-29-32(28-45-4)49-37(43)26-39-27-38(44)50-33(30-47-35(41)24-21-18-15-12-9-6-2)31-48-36(42)25-22-19-16-13-10-7-3/h32-33,39H,5-31H2,1-4H3. The summed E-state index contributed by atoms with van der Waals surface area (Å²) in [7, 11) is 1.45. The fourth-order valence-corrected chi connectivity index (χ4v) is 5.06. The van der Waals surface area contributed by atoms with Gasteiger partial charge in [-0.2, -0.15) is 0 Å². The number of hydrogen-bond acceptors (Lipinski definition) is 12. The quantitative estimate of drug-likeness (QED) is 0.0411. The molecule has 0 amide bonds. The number of ether oxygens (including phenoxy) is 6. The second-order valence-electron chi connectivity index (χ2n) is 12.9. The van der Waals surface area contributed by atoms with Crippen molar-refractivity contribution in [2.75, 3.05) is 46.6 Å². The Morgan fingerprint density at radius 3 is 1.04 bits per heavy atom. The van der Waals surface area contributed by atoms with E-state index in [-0.39, 0.29) is 58.3 Å². The summed E-state index contributed by atoms with van der Waals surface area (Å²) in [5.74, 6) is -2.55. The van der Waals surface area contributed by atoms with Crippen LogP contribution in [0.25, 0.3) is 0 Å². The molecule has 12 heteroatoms. The van der Waals surface area contributed by atoms with E-state index < -0.39 is 36.1 Å². The molecule has 0 bridgehead atoms. The number of esters is 5. The molecule has 0 heterocycles. The van der Waals surface area contributed by atoms with Crippen molar-refractivity contribution in [2.24, 2.45) is 0 Å². The highest BCUT2D eigenvalue weighted by Gasteiger charge is 2.21. The van der Waals surface area contributed by atoms with Gasteiger partial charge in [-0.05, 0) is 19.3 Å². The van der Waals surface area contributed by atoms with Gasteiger partial charge in [0.1, 0.15) is 19.8 Å². The van der Waals surface area contributed by atoms with E-state index in [1.807, 2.05) is 0 Å². The summed E-state index contributed by atoms with van der Waals surface area (Å²) in [6.07, 6.45) is 17.7. The zero-order valence-corrected chi connectivity index (χ0v) is 31.7. The van der Waals surface area contributed by atoms with Gasteiger partial charge < -0.3 is 28.4 Å². The Labute approximate surface area is 301 Å². The molecule has 0 saturated heterocycles. The molecule has 50 heavy (non-hydrogen) atoms. The number of unbranched alkanes of at least 4 members (excludes halogenated alkanes) is 15. The summed E-state index contributed by atoms with van der Waals surface area (Å²) in [6, 6.07) is 0. The minimum absolute atomic E-state index is 0.0366. The molecule has 0 aliphatic heterocycles. The second kappa shape index (κ2) is 34.7. The van der Waals surface area contributed by atoms with E-state index in [9.17, 15) is 24.0 Å². The first-order valence-electron chi connectivity index (χ1n) is 19.3. The molecule has 0 rings (SSSR count). The van der Waals surface area contributed by atoms with E-state index in [0.717, 1.165) is 83.5 Å². The predicted molar refractivity (Wildman–Crippen MR) is 191 cm³/mol. The molecule has 1 N–H and O–H groups in total. The summed E-state index contributed by atoms with van der Waals surface area (Å²) in [6.45, 7) is 5.21. The Balaban J connectivity index is 4.68. The van der Waals surface area contributed by atoms with E-state index in [1.165, 1.54) is 26.4 Å². The van der Waals surface area contributed by atoms with Gasteiger partial charge in [-0.3, -0.25) is 29.3 Å². The Hall–Kier alpha value is -2.73. The van der Waals surface area contributed by atoms with Crippen molar-refractivity contribution in [3.8, 4) is 0 Å². The lowest BCUT2D eigenvalue weighted by Gasteiger charge is -2.19. The van der Waals surface area contributed by atoms with Gasteiger partial charge >= 0.3 is 29.8 Å². The van der Waals surface area contributed by atoms with Crippen molar-refractivity contribution < 1.29 is 52.4 Å². The summed E-state index contributed by atoms with van der Waals surface area (Å²) in [4.78, 5) is 61.7. The maximum Gasteiger partial charge on any atom is 0.320 e. The predicted octanol–water partition coefficient (Wildman–Crippen LogP) is 6.93. The van der Waals surface area contributed by atoms with Crippen LogP contribution in [0.1, 0.15) is 156 Å². The van der Waals surface area contributed by atoms with Crippen LogP contribution in [-0.2, 0) is 52.4 Å². The number of carbonyl (C=O) groups is 5. The summed E-state index contributed by atoms with van der Waals surface area (Å²) < 4.78 is 31.8. The van der Waals surface area contributed by atoms with Gasteiger partial charge in [0.2, 0.25) is 0 Å². The molecule has 0 aromatic heterocycles.